The monoisotopic (exact) mass is 507 g/mol. The van der Waals surface area contributed by atoms with E-state index < -0.39 is 10.0 Å². The number of rotatable bonds is 9. The maximum absolute atomic E-state index is 12.5. The highest BCUT2D eigenvalue weighted by atomic mass is 79.9. The number of benzene rings is 1. The highest BCUT2D eigenvalue weighted by molar-refractivity contribution is 9.10. The summed E-state index contributed by atoms with van der Waals surface area (Å²) in [4.78, 5) is 16.4. The minimum Gasteiger partial charge on any atom is -0.394 e. The molecule has 3 rings (SSSR count). The molecule has 0 fully saturated rings. The van der Waals surface area contributed by atoms with Crippen LogP contribution >= 0.6 is 15.9 Å². The third-order valence-electron chi connectivity index (χ3n) is 4.28. The molecular formula is C19H22BrN7O3S. The minimum atomic E-state index is -3.81. The Hall–Kier alpha value is -2.83. The molecule has 0 aliphatic rings. The summed E-state index contributed by atoms with van der Waals surface area (Å²) in [5.74, 6) is 1.05. The van der Waals surface area contributed by atoms with E-state index in [-0.39, 0.29) is 29.4 Å². The average molecular weight is 508 g/mol. The summed E-state index contributed by atoms with van der Waals surface area (Å²) in [6.45, 7) is 3.96. The van der Waals surface area contributed by atoms with Gasteiger partial charge in [-0.25, -0.2) is 28.1 Å². The smallest absolute Gasteiger partial charge is 0.264 e. The Morgan fingerprint density at radius 1 is 1.06 bits per heavy atom. The highest BCUT2D eigenvalue weighted by Gasteiger charge is 2.17. The molecule has 0 aliphatic heterocycles. The quantitative estimate of drug-likeness (QED) is 0.343. The van der Waals surface area contributed by atoms with E-state index in [1.54, 1.807) is 24.4 Å². The number of aliphatic hydroxyl groups excluding tert-OH is 1. The maximum Gasteiger partial charge on any atom is 0.264 e. The second kappa shape index (κ2) is 9.98. The molecule has 10 nitrogen and oxygen atoms in total. The molecule has 0 saturated carbocycles. The summed E-state index contributed by atoms with van der Waals surface area (Å²) in [5, 5.41) is 15.8. The van der Waals surface area contributed by atoms with Crippen molar-refractivity contribution in [3.8, 4) is 0 Å². The lowest BCUT2D eigenvalue weighted by Crippen LogP contribution is -2.30. The van der Waals surface area contributed by atoms with Crippen molar-refractivity contribution >= 4 is 49.4 Å². The van der Waals surface area contributed by atoms with Gasteiger partial charge in [-0.2, -0.15) is 4.98 Å². The Balaban J connectivity index is 1.73. The minimum absolute atomic E-state index is 0.00410. The average Bonchev–Trinajstić information content (AvgIpc) is 2.74. The zero-order valence-electron chi connectivity index (χ0n) is 16.8. The lowest BCUT2D eigenvalue weighted by molar-refractivity contribution is 0.249. The summed E-state index contributed by atoms with van der Waals surface area (Å²) < 4.78 is 27.9. The lowest BCUT2D eigenvalue weighted by atomic mass is 10.1. The van der Waals surface area contributed by atoms with Crippen molar-refractivity contribution < 1.29 is 13.5 Å². The van der Waals surface area contributed by atoms with Crippen molar-refractivity contribution in [1.82, 2.24) is 19.9 Å². The van der Waals surface area contributed by atoms with Crippen LogP contribution in [0, 0.1) is 5.92 Å². The van der Waals surface area contributed by atoms with Crippen LogP contribution in [-0.2, 0) is 10.0 Å². The van der Waals surface area contributed by atoms with E-state index in [9.17, 15) is 13.5 Å². The van der Waals surface area contributed by atoms with Crippen molar-refractivity contribution in [1.29, 1.82) is 0 Å². The Labute approximate surface area is 188 Å². The van der Waals surface area contributed by atoms with Crippen LogP contribution in [0.15, 0.2) is 58.3 Å². The van der Waals surface area contributed by atoms with Crippen LogP contribution in [0.25, 0.3) is 0 Å². The molecule has 31 heavy (non-hydrogen) atoms. The Morgan fingerprint density at radius 2 is 1.74 bits per heavy atom. The van der Waals surface area contributed by atoms with Gasteiger partial charge in [0.15, 0.2) is 0 Å². The van der Waals surface area contributed by atoms with Gasteiger partial charge in [-0.3, -0.25) is 0 Å². The van der Waals surface area contributed by atoms with Gasteiger partial charge in [-0.05, 0) is 52.2 Å². The van der Waals surface area contributed by atoms with E-state index >= 15 is 0 Å². The number of nitrogens with one attached hydrogen (secondary N) is 3. The molecule has 2 heterocycles. The van der Waals surface area contributed by atoms with E-state index in [1.807, 2.05) is 13.8 Å². The van der Waals surface area contributed by atoms with Crippen molar-refractivity contribution in [2.24, 2.45) is 5.92 Å². The number of halogens is 1. The van der Waals surface area contributed by atoms with Gasteiger partial charge in [0.2, 0.25) is 11.9 Å². The Bertz CT molecular complexity index is 1110. The molecule has 1 atom stereocenters. The zero-order chi connectivity index (χ0) is 22.4. The summed E-state index contributed by atoms with van der Waals surface area (Å²) in [7, 11) is -3.81. The fourth-order valence-electron chi connectivity index (χ4n) is 2.50. The van der Waals surface area contributed by atoms with Crippen molar-refractivity contribution in [3.05, 3.63) is 53.4 Å². The van der Waals surface area contributed by atoms with Crippen LogP contribution in [0.4, 0.5) is 23.4 Å². The Kier molecular flexibility index (Phi) is 7.36. The number of aliphatic hydroxyl groups is 1. The molecule has 0 radical (unpaired) electrons. The molecule has 0 saturated heterocycles. The molecule has 164 valence electrons. The summed E-state index contributed by atoms with van der Waals surface area (Å²) in [6, 6.07) is 7.53. The van der Waals surface area contributed by atoms with Gasteiger partial charge >= 0.3 is 0 Å². The molecule has 2 aromatic heterocycles. The predicted molar refractivity (Wildman–Crippen MR) is 122 cm³/mol. The molecular weight excluding hydrogens is 486 g/mol. The van der Waals surface area contributed by atoms with Crippen LogP contribution < -0.4 is 15.4 Å². The van der Waals surface area contributed by atoms with E-state index in [1.165, 1.54) is 24.5 Å². The van der Waals surface area contributed by atoms with Gasteiger partial charge in [-0.15, -0.1) is 0 Å². The van der Waals surface area contributed by atoms with Gasteiger partial charge in [0.05, 0.1) is 22.0 Å². The molecule has 0 bridgehead atoms. The van der Waals surface area contributed by atoms with Crippen molar-refractivity contribution in [3.63, 3.8) is 0 Å². The largest absolute Gasteiger partial charge is 0.394 e. The molecule has 0 aliphatic carbocycles. The van der Waals surface area contributed by atoms with Crippen LogP contribution in [0.2, 0.25) is 0 Å². The lowest BCUT2D eigenvalue weighted by Gasteiger charge is -2.21. The first-order valence-corrected chi connectivity index (χ1v) is 11.6. The second-order valence-corrected chi connectivity index (χ2v) is 9.43. The summed E-state index contributed by atoms with van der Waals surface area (Å²) in [6.07, 6.45) is 4.49. The number of aromatic nitrogens is 4. The van der Waals surface area contributed by atoms with E-state index in [0.29, 0.717) is 21.9 Å². The first-order valence-electron chi connectivity index (χ1n) is 9.35. The molecule has 0 amide bonds. The second-order valence-electron chi connectivity index (χ2n) is 6.89. The fraction of sp³-hybridized carbons (Fsp3) is 0.263. The normalized spacial score (nSPS) is 12.4. The number of hydrogen-bond donors (Lipinski definition) is 4. The summed E-state index contributed by atoms with van der Waals surface area (Å²) in [5.41, 5.74) is 0.603. The molecule has 12 heteroatoms. The third-order valence-corrected chi connectivity index (χ3v) is 6.20. The third kappa shape index (κ3) is 6.09. The van der Waals surface area contributed by atoms with Crippen LogP contribution in [0.3, 0.4) is 0 Å². The van der Waals surface area contributed by atoms with Gasteiger partial charge in [0, 0.05) is 24.3 Å². The highest BCUT2D eigenvalue weighted by Crippen LogP contribution is 2.24. The van der Waals surface area contributed by atoms with Gasteiger partial charge in [-0.1, -0.05) is 13.8 Å². The predicted octanol–water partition coefficient (Wildman–Crippen LogP) is 3.00. The molecule has 1 aromatic carbocycles. The maximum atomic E-state index is 12.5. The summed E-state index contributed by atoms with van der Waals surface area (Å²) >= 11 is 3.40. The van der Waals surface area contributed by atoms with E-state index in [4.69, 9.17) is 0 Å². The SMILES string of the molecule is CC(C)[C@H](CO)Nc1nc(Nc2ccc(S(=O)(=O)Nc3ncccn3)cc2)ncc1Br. The number of sulfonamides is 1. The first kappa shape index (κ1) is 22.8. The van der Waals surface area contributed by atoms with Gasteiger partial charge < -0.3 is 15.7 Å². The molecule has 0 spiro atoms. The molecule has 4 N–H and O–H groups in total. The van der Waals surface area contributed by atoms with Gasteiger partial charge in [0.1, 0.15) is 5.82 Å². The Morgan fingerprint density at radius 3 is 2.35 bits per heavy atom. The molecule has 3 aromatic rings. The molecule has 0 unspecified atom stereocenters. The van der Waals surface area contributed by atoms with Crippen LogP contribution in [-0.4, -0.2) is 46.1 Å². The van der Waals surface area contributed by atoms with Crippen LogP contribution in [0.1, 0.15) is 13.8 Å². The number of anilines is 4. The number of nitrogens with zero attached hydrogens (tertiary/aromatic N) is 4. The standard InChI is InChI=1S/C19H22BrN7O3S/c1-12(2)16(11-28)25-17-15(20)10-23-19(26-17)24-13-4-6-14(7-5-13)31(29,30)27-18-21-8-3-9-22-18/h3-10,12,16,28H,11H2,1-2H3,(H,21,22,27)(H2,23,24,25,26)/t16-/m0/s1. The zero-order valence-corrected chi connectivity index (χ0v) is 19.2. The fourth-order valence-corrected chi connectivity index (χ4v) is 3.77. The van der Waals surface area contributed by atoms with Crippen LogP contribution in [0.5, 0.6) is 0 Å². The van der Waals surface area contributed by atoms with E-state index in [0.717, 1.165) is 0 Å². The van der Waals surface area contributed by atoms with E-state index in [2.05, 4.69) is 51.2 Å². The van der Waals surface area contributed by atoms with Crippen molar-refractivity contribution in [2.45, 2.75) is 24.8 Å². The topological polar surface area (TPSA) is 142 Å². The van der Waals surface area contributed by atoms with Gasteiger partial charge in [0.25, 0.3) is 10.0 Å². The number of hydrogen-bond acceptors (Lipinski definition) is 9. The first-order chi connectivity index (χ1) is 14.8. The van der Waals surface area contributed by atoms with Crippen molar-refractivity contribution in [2.75, 3.05) is 22.0 Å².